The Morgan fingerprint density at radius 2 is 1.70 bits per heavy atom. The van der Waals surface area contributed by atoms with E-state index < -0.39 is 0 Å². The van der Waals surface area contributed by atoms with Crippen LogP contribution in [0.2, 0.25) is 0 Å². The second-order valence-corrected chi connectivity index (χ2v) is 7.67. The van der Waals surface area contributed by atoms with Crippen LogP contribution >= 0.6 is 0 Å². The highest BCUT2D eigenvalue weighted by Crippen LogP contribution is 2.56. The molecule has 1 spiro atoms. The molecule has 4 atom stereocenters. The summed E-state index contributed by atoms with van der Waals surface area (Å²) in [5, 5.41) is 3.97. The van der Waals surface area contributed by atoms with Gasteiger partial charge in [-0.1, -0.05) is 26.7 Å². The topological polar surface area (TPSA) is 30.5 Å². The molecular formula is C17H31NO2. The van der Waals surface area contributed by atoms with Gasteiger partial charge in [-0.3, -0.25) is 0 Å². The Kier molecular flexibility index (Phi) is 3.89. The average molecular weight is 281 g/mol. The van der Waals surface area contributed by atoms with Crippen LogP contribution < -0.4 is 5.32 Å². The Bertz CT molecular complexity index is 349. The highest BCUT2D eigenvalue weighted by Gasteiger charge is 2.59. The predicted octanol–water partition coefficient (Wildman–Crippen LogP) is 3.13. The molecule has 3 aliphatic rings. The summed E-state index contributed by atoms with van der Waals surface area (Å²) >= 11 is 0. The van der Waals surface area contributed by atoms with Crippen LogP contribution in [0.1, 0.15) is 59.3 Å². The van der Waals surface area contributed by atoms with Gasteiger partial charge in [-0.2, -0.15) is 0 Å². The molecule has 0 aromatic carbocycles. The molecule has 0 aromatic rings. The van der Waals surface area contributed by atoms with Crippen molar-refractivity contribution in [1.29, 1.82) is 0 Å². The van der Waals surface area contributed by atoms with Crippen molar-refractivity contribution in [2.24, 2.45) is 10.8 Å². The zero-order chi connectivity index (χ0) is 14.4. The number of methoxy groups -OCH3 is 1. The summed E-state index contributed by atoms with van der Waals surface area (Å²) in [6.45, 7) is 7.66. The van der Waals surface area contributed by atoms with Crippen LogP contribution in [0.5, 0.6) is 0 Å². The maximum Gasteiger partial charge on any atom is 0.0661 e. The average Bonchev–Trinajstić information content (AvgIpc) is 2.92. The van der Waals surface area contributed by atoms with E-state index in [0.29, 0.717) is 29.7 Å². The van der Waals surface area contributed by atoms with E-state index in [1.807, 2.05) is 7.11 Å². The molecular weight excluding hydrogens is 250 g/mol. The molecule has 0 saturated heterocycles. The number of rotatable bonds is 5. The first-order chi connectivity index (χ1) is 9.54. The molecule has 3 nitrogen and oxygen atoms in total. The second kappa shape index (κ2) is 5.26. The molecule has 0 radical (unpaired) electrons. The quantitative estimate of drug-likeness (QED) is 0.840. The molecule has 0 aliphatic heterocycles. The van der Waals surface area contributed by atoms with Crippen molar-refractivity contribution in [1.82, 2.24) is 5.32 Å². The monoisotopic (exact) mass is 281 g/mol. The zero-order valence-electron chi connectivity index (χ0n) is 13.6. The van der Waals surface area contributed by atoms with Gasteiger partial charge >= 0.3 is 0 Å². The van der Waals surface area contributed by atoms with E-state index in [1.165, 1.54) is 32.1 Å². The van der Waals surface area contributed by atoms with Crippen LogP contribution in [0.4, 0.5) is 0 Å². The van der Waals surface area contributed by atoms with Crippen molar-refractivity contribution >= 4 is 0 Å². The Balaban J connectivity index is 1.62. The van der Waals surface area contributed by atoms with Gasteiger partial charge in [0.05, 0.1) is 12.2 Å². The fourth-order valence-electron chi connectivity index (χ4n) is 4.93. The van der Waals surface area contributed by atoms with Crippen molar-refractivity contribution in [2.45, 2.75) is 83.6 Å². The van der Waals surface area contributed by atoms with Crippen LogP contribution in [-0.2, 0) is 9.47 Å². The lowest BCUT2D eigenvalue weighted by atomic mass is 9.58. The van der Waals surface area contributed by atoms with Crippen LogP contribution in [-0.4, -0.2) is 38.0 Å². The highest BCUT2D eigenvalue weighted by molar-refractivity contribution is 5.13. The largest absolute Gasteiger partial charge is 0.381 e. The minimum absolute atomic E-state index is 0.269. The zero-order valence-corrected chi connectivity index (χ0v) is 13.6. The van der Waals surface area contributed by atoms with E-state index in [1.54, 1.807) is 0 Å². The second-order valence-electron chi connectivity index (χ2n) is 7.67. The summed E-state index contributed by atoms with van der Waals surface area (Å²) < 4.78 is 11.6. The van der Waals surface area contributed by atoms with Crippen LogP contribution in [0.25, 0.3) is 0 Å². The summed E-state index contributed by atoms with van der Waals surface area (Å²) in [6, 6.07) is 1.28. The van der Waals surface area contributed by atoms with Gasteiger partial charge in [0.25, 0.3) is 0 Å². The molecule has 0 bridgehead atoms. The van der Waals surface area contributed by atoms with E-state index in [4.69, 9.17) is 9.47 Å². The van der Waals surface area contributed by atoms with Gasteiger partial charge in [-0.25, -0.2) is 0 Å². The fraction of sp³-hybridized carbons (Fsp3) is 1.00. The van der Waals surface area contributed by atoms with Gasteiger partial charge in [0.1, 0.15) is 0 Å². The first kappa shape index (κ1) is 14.8. The van der Waals surface area contributed by atoms with E-state index in [2.05, 4.69) is 26.1 Å². The third kappa shape index (κ3) is 2.05. The molecule has 0 amide bonds. The minimum atomic E-state index is 0.269. The van der Waals surface area contributed by atoms with Crippen LogP contribution in [0.3, 0.4) is 0 Å². The maximum atomic E-state index is 6.01. The maximum absolute atomic E-state index is 6.01. The van der Waals surface area contributed by atoms with Crippen molar-refractivity contribution in [2.75, 3.05) is 13.7 Å². The molecule has 1 N–H and O–H groups in total. The normalized spacial score (nSPS) is 41.4. The lowest BCUT2D eigenvalue weighted by Gasteiger charge is -2.59. The van der Waals surface area contributed by atoms with Gasteiger partial charge in [0.15, 0.2) is 0 Å². The molecule has 3 heteroatoms. The lowest BCUT2D eigenvalue weighted by Crippen LogP contribution is -2.70. The number of ether oxygens (including phenoxy) is 2. The number of nitrogens with one attached hydrogen (secondary N) is 1. The van der Waals surface area contributed by atoms with Gasteiger partial charge in [-0.15, -0.1) is 0 Å². The lowest BCUT2D eigenvalue weighted by molar-refractivity contribution is -0.156. The summed E-state index contributed by atoms with van der Waals surface area (Å²) in [5.41, 5.74) is 0.718. The number of hydrogen-bond acceptors (Lipinski definition) is 3. The summed E-state index contributed by atoms with van der Waals surface area (Å²) in [7, 11) is 1.84. The molecule has 0 aromatic heterocycles. The molecule has 20 heavy (non-hydrogen) atoms. The third-order valence-electron chi connectivity index (χ3n) is 6.55. The molecule has 3 saturated carbocycles. The van der Waals surface area contributed by atoms with Crippen LogP contribution in [0, 0.1) is 10.8 Å². The fourth-order valence-corrected chi connectivity index (χ4v) is 4.93. The van der Waals surface area contributed by atoms with Crippen LogP contribution in [0.15, 0.2) is 0 Å². The first-order valence-electron chi connectivity index (χ1n) is 8.45. The first-order valence-corrected chi connectivity index (χ1v) is 8.45. The van der Waals surface area contributed by atoms with E-state index >= 15 is 0 Å². The van der Waals surface area contributed by atoms with Crippen molar-refractivity contribution < 1.29 is 9.47 Å². The van der Waals surface area contributed by atoms with Gasteiger partial charge in [0, 0.05) is 36.6 Å². The summed E-state index contributed by atoms with van der Waals surface area (Å²) in [6.07, 6.45) is 8.78. The van der Waals surface area contributed by atoms with Crippen molar-refractivity contribution in [3.8, 4) is 0 Å². The summed E-state index contributed by atoms with van der Waals surface area (Å²) in [4.78, 5) is 0. The predicted molar refractivity (Wildman–Crippen MR) is 80.8 cm³/mol. The standard InChI is InChI=1S/C17H31NO2/c1-5-20-15-11-13(17(15)8-6-7-9-17)18-12-10-14(19-4)16(12,2)3/h12-15,18H,5-11H2,1-4H3. The van der Waals surface area contributed by atoms with Gasteiger partial charge in [0.2, 0.25) is 0 Å². The Morgan fingerprint density at radius 3 is 2.25 bits per heavy atom. The van der Waals surface area contributed by atoms with E-state index in [-0.39, 0.29) is 5.41 Å². The Morgan fingerprint density at radius 1 is 1.05 bits per heavy atom. The third-order valence-corrected chi connectivity index (χ3v) is 6.55. The molecule has 0 heterocycles. The Labute approximate surface area is 123 Å². The van der Waals surface area contributed by atoms with Gasteiger partial charge < -0.3 is 14.8 Å². The minimum Gasteiger partial charge on any atom is -0.381 e. The summed E-state index contributed by atoms with van der Waals surface area (Å²) in [5.74, 6) is 0. The number of hydrogen-bond donors (Lipinski definition) is 1. The smallest absolute Gasteiger partial charge is 0.0661 e. The van der Waals surface area contributed by atoms with Crippen molar-refractivity contribution in [3.05, 3.63) is 0 Å². The van der Waals surface area contributed by atoms with Gasteiger partial charge in [-0.05, 0) is 32.6 Å². The molecule has 116 valence electrons. The van der Waals surface area contributed by atoms with E-state index in [9.17, 15) is 0 Å². The molecule has 3 fully saturated rings. The highest BCUT2D eigenvalue weighted by atomic mass is 16.5. The molecule has 3 rings (SSSR count). The Hall–Kier alpha value is -0.120. The molecule has 3 aliphatic carbocycles. The SMILES string of the molecule is CCOC1CC(NC2CC(OC)C2(C)C)C12CCCC2. The van der Waals surface area contributed by atoms with Crippen molar-refractivity contribution in [3.63, 3.8) is 0 Å². The van der Waals surface area contributed by atoms with E-state index in [0.717, 1.165) is 13.0 Å². The molecule has 4 unspecified atom stereocenters.